The highest BCUT2D eigenvalue weighted by Gasteiger charge is 2.39. The standard InChI is InChI=1S/C27H33FN4O2S/c1-17-29-25-15-22(9-11-26(25)30(17)2)35-31(3)20-6-4-18(5-7-20)24-14-21(8-10-23(24)27(33)34)32-13-12-19(28)16-32/h4-7,9,11,15,19,21,23-24H,8,10,12-14,16H2,1-3H3,(H,33,34)/t19?,21?,23?,24-/m0/s1. The normalized spacial score (nSPS) is 25.3. The minimum Gasteiger partial charge on any atom is -0.481 e. The molecule has 2 aliphatic rings. The number of alkyl halides is 1. The summed E-state index contributed by atoms with van der Waals surface area (Å²) in [4.78, 5) is 20.0. The number of likely N-dealkylation sites (tertiary alicyclic amines) is 1. The van der Waals surface area contributed by atoms with Gasteiger partial charge in [0.1, 0.15) is 12.0 Å². The van der Waals surface area contributed by atoms with E-state index < -0.39 is 12.1 Å². The van der Waals surface area contributed by atoms with Gasteiger partial charge in [-0.1, -0.05) is 12.1 Å². The maximum Gasteiger partial charge on any atom is 0.307 e. The molecule has 0 radical (unpaired) electrons. The second kappa shape index (κ2) is 9.82. The van der Waals surface area contributed by atoms with Crippen LogP contribution in [-0.4, -0.2) is 57.9 Å². The van der Waals surface area contributed by atoms with E-state index in [1.54, 1.807) is 11.9 Å². The minimum atomic E-state index is -0.750. The summed E-state index contributed by atoms with van der Waals surface area (Å²) in [6.07, 6.45) is 2.09. The Balaban J connectivity index is 1.30. The number of anilines is 1. The van der Waals surface area contributed by atoms with Crippen molar-refractivity contribution in [3.05, 3.63) is 53.9 Å². The summed E-state index contributed by atoms with van der Waals surface area (Å²) in [5, 5.41) is 9.87. The van der Waals surface area contributed by atoms with Crippen LogP contribution in [0.25, 0.3) is 11.0 Å². The zero-order valence-corrected chi connectivity index (χ0v) is 21.3. The van der Waals surface area contributed by atoms with Crippen LogP contribution in [-0.2, 0) is 11.8 Å². The lowest BCUT2D eigenvalue weighted by molar-refractivity contribution is -0.144. The average Bonchev–Trinajstić information content (AvgIpc) is 3.41. The molecular weight excluding hydrogens is 463 g/mol. The highest BCUT2D eigenvalue weighted by molar-refractivity contribution is 8.00. The number of hydrogen-bond donors (Lipinski definition) is 1. The molecule has 2 fully saturated rings. The van der Waals surface area contributed by atoms with Crippen LogP contribution in [0.2, 0.25) is 0 Å². The molecule has 0 spiro atoms. The molecule has 1 aromatic heterocycles. The lowest BCUT2D eigenvalue weighted by Gasteiger charge is -2.38. The molecule has 1 aliphatic heterocycles. The summed E-state index contributed by atoms with van der Waals surface area (Å²) in [6, 6.07) is 14.9. The molecule has 1 aliphatic carbocycles. The fourth-order valence-electron chi connectivity index (χ4n) is 5.72. The number of benzene rings is 2. The van der Waals surface area contributed by atoms with Crippen molar-refractivity contribution in [3.63, 3.8) is 0 Å². The van der Waals surface area contributed by atoms with Crippen molar-refractivity contribution in [2.45, 2.75) is 55.6 Å². The third kappa shape index (κ3) is 4.91. The first-order chi connectivity index (χ1) is 16.8. The lowest BCUT2D eigenvalue weighted by Crippen LogP contribution is -2.41. The Bertz CT molecular complexity index is 1210. The third-order valence-corrected chi connectivity index (χ3v) is 8.77. The van der Waals surface area contributed by atoms with Crippen LogP contribution in [0, 0.1) is 12.8 Å². The van der Waals surface area contributed by atoms with E-state index in [2.05, 4.69) is 61.2 Å². The largest absolute Gasteiger partial charge is 0.481 e. The van der Waals surface area contributed by atoms with E-state index >= 15 is 0 Å². The minimum absolute atomic E-state index is 0.0493. The quantitative estimate of drug-likeness (QED) is 0.461. The Morgan fingerprint density at radius 2 is 1.94 bits per heavy atom. The number of carboxylic acid groups (broad SMARTS) is 1. The topological polar surface area (TPSA) is 61.6 Å². The average molecular weight is 497 g/mol. The Morgan fingerprint density at radius 3 is 2.63 bits per heavy atom. The summed E-state index contributed by atoms with van der Waals surface area (Å²) in [5.74, 6) is -0.173. The molecule has 0 amide bonds. The van der Waals surface area contributed by atoms with Crippen LogP contribution in [0.15, 0.2) is 47.4 Å². The number of rotatable bonds is 6. The fraction of sp³-hybridized carbons (Fsp3) is 0.481. The van der Waals surface area contributed by atoms with Crippen LogP contribution in [0.3, 0.4) is 0 Å². The molecule has 0 bridgehead atoms. The highest BCUT2D eigenvalue weighted by atomic mass is 32.2. The maximum absolute atomic E-state index is 13.8. The van der Waals surface area contributed by atoms with E-state index in [9.17, 15) is 14.3 Å². The number of nitrogens with zero attached hydrogens (tertiary/aromatic N) is 4. The smallest absolute Gasteiger partial charge is 0.307 e. The first-order valence-electron chi connectivity index (χ1n) is 12.4. The Kier molecular flexibility index (Phi) is 6.77. The van der Waals surface area contributed by atoms with Gasteiger partial charge in [0.15, 0.2) is 0 Å². The molecule has 3 aromatic rings. The maximum atomic E-state index is 13.8. The molecule has 3 unspecified atom stereocenters. The summed E-state index contributed by atoms with van der Waals surface area (Å²) in [6.45, 7) is 3.27. The van der Waals surface area contributed by atoms with Gasteiger partial charge in [0.25, 0.3) is 0 Å². The number of carboxylic acids is 1. The summed E-state index contributed by atoms with van der Waals surface area (Å²) in [5.41, 5.74) is 4.22. The molecule has 4 atom stereocenters. The predicted molar refractivity (Wildman–Crippen MR) is 139 cm³/mol. The van der Waals surface area contributed by atoms with Gasteiger partial charge in [0, 0.05) is 43.8 Å². The number of imidazole rings is 1. The Labute approximate surface area is 210 Å². The highest BCUT2D eigenvalue weighted by Crippen LogP contribution is 2.41. The number of hydrogen-bond acceptors (Lipinski definition) is 5. The zero-order valence-electron chi connectivity index (χ0n) is 20.5. The number of aryl methyl sites for hydroxylation is 2. The van der Waals surface area contributed by atoms with Gasteiger partial charge in [-0.2, -0.15) is 0 Å². The summed E-state index contributed by atoms with van der Waals surface area (Å²) >= 11 is 1.64. The first kappa shape index (κ1) is 24.1. The van der Waals surface area contributed by atoms with Crippen LogP contribution in [0.1, 0.15) is 43.0 Å². The SMILES string of the molecule is Cc1nc2cc(SN(C)c3ccc([C@@H]4CC(N5CCC(F)C5)CCC4C(=O)O)cc3)ccc2n1C. The second-order valence-electron chi connectivity index (χ2n) is 9.95. The molecule has 186 valence electrons. The number of aromatic nitrogens is 2. The molecule has 8 heteroatoms. The molecule has 6 nitrogen and oxygen atoms in total. The number of fused-ring (bicyclic) bond motifs is 1. The first-order valence-corrected chi connectivity index (χ1v) is 13.1. The van der Waals surface area contributed by atoms with Crippen molar-refractivity contribution in [1.29, 1.82) is 0 Å². The van der Waals surface area contributed by atoms with Gasteiger partial charge < -0.3 is 14.0 Å². The molecule has 35 heavy (non-hydrogen) atoms. The molecule has 1 saturated heterocycles. The van der Waals surface area contributed by atoms with Crippen molar-refractivity contribution in [3.8, 4) is 0 Å². The number of carbonyl (C=O) groups is 1. The van der Waals surface area contributed by atoms with E-state index in [-0.39, 0.29) is 17.9 Å². The Hall–Kier alpha value is -2.58. The van der Waals surface area contributed by atoms with Crippen LogP contribution < -0.4 is 4.31 Å². The zero-order chi connectivity index (χ0) is 24.7. The number of aliphatic carboxylic acids is 1. The van der Waals surface area contributed by atoms with Crippen molar-refractivity contribution in [2.75, 3.05) is 24.4 Å². The van der Waals surface area contributed by atoms with Gasteiger partial charge in [-0.25, -0.2) is 9.37 Å². The molecule has 2 aromatic carbocycles. The van der Waals surface area contributed by atoms with Crippen molar-refractivity contribution < 1.29 is 14.3 Å². The van der Waals surface area contributed by atoms with Gasteiger partial charge in [0.2, 0.25) is 0 Å². The summed E-state index contributed by atoms with van der Waals surface area (Å²) < 4.78 is 18.0. The van der Waals surface area contributed by atoms with E-state index in [0.717, 1.165) is 52.4 Å². The number of halogens is 1. The van der Waals surface area contributed by atoms with Crippen molar-refractivity contribution in [1.82, 2.24) is 14.5 Å². The van der Waals surface area contributed by atoms with Crippen molar-refractivity contribution >= 4 is 34.6 Å². The van der Waals surface area contributed by atoms with Gasteiger partial charge >= 0.3 is 5.97 Å². The van der Waals surface area contributed by atoms with E-state index in [1.807, 2.05) is 21.0 Å². The van der Waals surface area contributed by atoms with E-state index in [4.69, 9.17) is 0 Å². The fourth-order valence-corrected chi connectivity index (χ4v) is 6.55. The molecular formula is C27H33FN4O2S. The predicted octanol–water partition coefficient (Wildman–Crippen LogP) is 5.41. The van der Waals surface area contributed by atoms with Gasteiger partial charge in [0.05, 0.1) is 17.0 Å². The second-order valence-corrected chi connectivity index (χ2v) is 11.1. The monoisotopic (exact) mass is 496 g/mol. The van der Waals surface area contributed by atoms with Gasteiger partial charge in [-0.15, -0.1) is 0 Å². The van der Waals surface area contributed by atoms with Gasteiger partial charge in [-0.05, 0) is 86.4 Å². The van der Waals surface area contributed by atoms with Crippen LogP contribution in [0.5, 0.6) is 0 Å². The third-order valence-electron chi connectivity index (χ3n) is 7.82. The van der Waals surface area contributed by atoms with Crippen LogP contribution >= 0.6 is 11.9 Å². The van der Waals surface area contributed by atoms with Crippen LogP contribution in [0.4, 0.5) is 10.1 Å². The van der Waals surface area contributed by atoms with Crippen molar-refractivity contribution in [2.24, 2.45) is 13.0 Å². The molecule has 1 saturated carbocycles. The van der Waals surface area contributed by atoms with E-state index in [1.165, 1.54) is 0 Å². The molecule has 1 N–H and O–H groups in total. The Morgan fingerprint density at radius 1 is 1.17 bits per heavy atom. The molecule has 5 rings (SSSR count). The molecule has 2 heterocycles. The summed E-state index contributed by atoms with van der Waals surface area (Å²) in [7, 11) is 4.06. The van der Waals surface area contributed by atoms with E-state index in [0.29, 0.717) is 19.4 Å². The lowest BCUT2D eigenvalue weighted by atomic mass is 9.73. The van der Waals surface area contributed by atoms with Gasteiger partial charge in [-0.3, -0.25) is 9.69 Å².